The Hall–Kier alpha value is -1.96. The van der Waals surface area contributed by atoms with Crippen molar-refractivity contribution in [3.63, 3.8) is 0 Å². The summed E-state index contributed by atoms with van der Waals surface area (Å²) in [6, 6.07) is -0.666. The van der Waals surface area contributed by atoms with Crippen molar-refractivity contribution in [3.05, 3.63) is 11.6 Å². The molecular weight excluding hydrogens is 246 g/mol. The van der Waals surface area contributed by atoms with Crippen molar-refractivity contribution in [2.45, 2.75) is 19.3 Å². The topological polar surface area (TPSA) is 108 Å². The van der Waals surface area contributed by atoms with E-state index in [4.69, 9.17) is 5.11 Å². The summed E-state index contributed by atoms with van der Waals surface area (Å²) in [7, 11) is 0. The van der Waals surface area contributed by atoms with E-state index in [1.807, 2.05) is 0 Å². The molecule has 3 N–H and O–H groups in total. The van der Waals surface area contributed by atoms with E-state index in [0.29, 0.717) is 5.13 Å². The predicted molar refractivity (Wildman–Crippen MR) is 60.8 cm³/mol. The summed E-state index contributed by atoms with van der Waals surface area (Å²) in [4.78, 5) is 36.4. The van der Waals surface area contributed by atoms with Crippen molar-refractivity contribution in [2.24, 2.45) is 0 Å². The van der Waals surface area contributed by atoms with Crippen LogP contribution in [0.3, 0.4) is 0 Å². The molecule has 0 bridgehead atoms. The van der Waals surface area contributed by atoms with Gasteiger partial charge in [-0.25, -0.2) is 9.78 Å². The van der Waals surface area contributed by atoms with E-state index in [1.165, 1.54) is 17.5 Å². The molecule has 0 saturated heterocycles. The van der Waals surface area contributed by atoms with Crippen molar-refractivity contribution >= 4 is 34.4 Å². The molecule has 1 aromatic heterocycles. The van der Waals surface area contributed by atoms with Gasteiger partial charge in [-0.1, -0.05) is 0 Å². The van der Waals surface area contributed by atoms with Crippen LogP contribution in [-0.4, -0.2) is 28.0 Å². The molecule has 0 saturated carbocycles. The first kappa shape index (κ1) is 13.1. The predicted octanol–water partition coefficient (Wildman–Crippen LogP) is 1.05. The van der Waals surface area contributed by atoms with E-state index in [0.717, 1.165) is 0 Å². The lowest BCUT2D eigenvalue weighted by atomic mass is 10.2. The van der Waals surface area contributed by atoms with Crippen LogP contribution in [0.1, 0.15) is 19.3 Å². The van der Waals surface area contributed by atoms with Crippen LogP contribution in [0.5, 0.6) is 0 Å². The zero-order chi connectivity index (χ0) is 12.7. The number of hydrogen-bond acceptors (Lipinski definition) is 5. The molecule has 0 aliphatic heterocycles. The van der Waals surface area contributed by atoms with Crippen molar-refractivity contribution in [1.82, 2.24) is 10.3 Å². The molecule has 1 heterocycles. The maximum Gasteiger partial charge on any atom is 0.327 e. The van der Waals surface area contributed by atoms with Crippen LogP contribution in [0.25, 0.3) is 0 Å². The van der Waals surface area contributed by atoms with Crippen LogP contribution in [0.15, 0.2) is 11.6 Å². The van der Waals surface area contributed by atoms with Crippen LogP contribution in [0.4, 0.5) is 9.93 Å². The zero-order valence-corrected chi connectivity index (χ0v) is 9.62. The van der Waals surface area contributed by atoms with E-state index in [-0.39, 0.29) is 19.3 Å². The van der Waals surface area contributed by atoms with Crippen LogP contribution in [-0.2, 0) is 9.59 Å². The lowest BCUT2D eigenvalue weighted by Crippen LogP contribution is -2.34. The Morgan fingerprint density at radius 1 is 1.35 bits per heavy atom. The van der Waals surface area contributed by atoms with Crippen molar-refractivity contribution in [2.75, 3.05) is 5.32 Å². The first-order valence-corrected chi connectivity index (χ1v) is 5.68. The van der Waals surface area contributed by atoms with Gasteiger partial charge >= 0.3 is 12.0 Å². The Balaban J connectivity index is 2.22. The van der Waals surface area contributed by atoms with Gasteiger partial charge < -0.3 is 5.11 Å². The van der Waals surface area contributed by atoms with Crippen LogP contribution < -0.4 is 10.6 Å². The van der Waals surface area contributed by atoms with Gasteiger partial charge in [-0.2, -0.15) is 0 Å². The number of nitrogens with one attached hydrogen (secondary N) is 2. The molecule has 0 atom stereocenters. The quantitative estimate of drug-likeness (QED) is 0.730. The van der Waals surface area contributed by atoms with Crippen LogP contribution in [0.2, 0.25) is 0 Å². The molecule has 7 nitrogen and oxygen atoms in total. The standard InChI is InChI=1S/C9H11N3O4S/c13-6(2-1-3-7(14)15)11-8(16)12-9-10-4-5-17-9/h4-5H,1-3H2,(H,14,15)(H2,10,11,12,13,16). The highest BCUT2D eigenvalue weighted by atomic mass is 32.1. The van der Waals surface area contributed by atoms with Gasteiger partial charge in [-0.15, -0.1) is 11.3 Å². The Bertz CT molecular complexity index is 404. The average molecular weight is 257 g/mol. The number of carbonyl (C=O) groups excluding carboxylic acids is 2. The number of nitrogens with zero attached hydrogens (tertiary/aromatic N) is 1. The minimum Gasteiger partial charge on any atom is -0.481 e. The molecule has 0 aliphatic rings. The van der Waals surface area contributed by atoms with Gasteiger partial charge in [0.05, 0.1) is 0 Å². The summed E-state index contributed by atoms with van der Waals surface area (Å²) < 4.78 is 0. The van der Waals surface area contributed by atoms with Gasteiger partial charge in [0.1, 0.15) is 0 Å². The third-order valence-corrected chi connectivity index (χ3v) is 2.39. The number of carboxylic acids is 1. The molecule has 0 radical (unpaired) electrons. The van der Waals surface area contributed by atoms with Gasteiger partial charge in [0.2, 0.25) is 5.91 Å². The van der Waals surface area contributed by atoms with E-state index < -0.39 is 17.9 Å². The molecule has 0 unspecified atom stereocenters. The number of aromatic nitrogens is 1. The number of carboxylic acid groups (broad SMARTS) is 1. The fourth-order valence-corrected chi connectivity index (χ4v) is 1.53. The maximum absolute atomic E-state index is 11.2. The summed E-state index contributed by atoms with van der Waals surface area (Å²) in [5, 5.41) is 14.9. The number of thiazole rings is 1. The molecule has 17 heavy (non-hydrogen) atoms. The molecule has 0 fully saturated rings. The highest BCUT2D eigenvalue weighted by molar-refractivity contribution is 7.13. The molecule has 1 rings (SSSR count). The molecule has 8 heteroatoms. The lowest BCUT2D eigenvalue weighted by molar-refractivity contribution is -0.137. The van der Waals surface area contributed by atoms with Crippen molar-refractivity contribution in [1.29, 1.82) is 0 Å². The molecule has 3 amide bonds. The molecule has 1 aromatic rings. The van der Waals surface area contributed by atoms with Crippen molar-refractivity contribution in [3.8, 4) is 0 Å². The van der Waals surface area contributed by atoms with Crippen LogP contribution >= 0.6 is 11.3 Å². The summed E-state index contributed by atoms with van der Waals surface area (Å²) in [6.07, 6.45) is 1.62. The minimum absolute atomic E-state index is 0.00239. The summed E-state index contributed by atoms with van der Waals surface area (Å²) in [5.41, 5.74) is 0. The van der Waals surface area contributed by atoms with Gasteiger partial charge in [-0.05, 0) is 6.42 Å². The summed E-state index contributed by atoms with van der Waals surface area (Å²) in [5.74, 6) is -1.48. The Morgan fingerprint density at radius 2 is 2.12 bits per heavy atom. The number of carbonyl (C=O) groups is 3. The highest BCUT2D eigenvalue weighted by Gasteiger charge is 2.09. The number of anilines is 1. The SMILES string of the molecule is O=C(O)CCCC(=O)NC(=O)Nc1nccs1. The number of amides is 3. The third kappa shape index (κ3) is 5.61. The minimum atomic E-state index is -0.968. The number of aliphatic carboxylic acids is 1. The Kier molecular flexibility index (Phi) is 5.08. The summed E-state index contributed by atoms with van der Waals surface area (Å²) >= 11 is 1.23. The second-order valence-electron chi connectivity index (χ2n) is 3.09. The lowest BCUT2D eigenvalue weighted by Gasteiger charge is -2.03. The second-order valence-corrected chi connectivity index (χ2v) is 3.98. The molecule has 0 aliphatic carbocycles. The first-order valence-electron chi connectivity index (χ1n) is 4.80. The van der Waals surface area contributed by atoms with Crippen LogP contribution in [0, 0.1) is 0 Å². The van der Waals surface area contributed by atoms with E-state index >= 15 is 0 Å². The normalized spacial score (nSPS) is 9.65. The first-order chi connectivity index (χ1) is 8.08. The van der Waals surface area contributed by atoms with E-state index in [2.05, 4.69) is 15.6 Å². The smallest absolute Gasteiger partial charge is 0.327 e. The number of urea groups is 1. The van der Waals surface area contributed by atoms with E-state index in [9.17, 15) is 14.4 Å². The molecule has 92 valence electrons. The second kappa shape index (κ2) is 6.59. The molecular formula is C9H11N3O4S. The van der Waals surface area contributed by atoms with Gasteiger partial charge in [0, 0.05) is 24.4 Å². The maximum atomic E-state index is 11.2. The Morgan fingerprint density at radius 3 is 2.71 bits per heavy atom. The highest BCUT2D eigenvalue weighted by Crippen LogP contribution is 2.09. The average Bonchev–Trinajstić information content (AvgIpc) is 2.69. The largest absolute Gasteiger partial charge is 0.481 e. The number of hydrogen-bond donors (Lipinski definition) is 3. The zero-order valence-electron chi connectivity index (χ0n) is 8.80. The third-order valence-electron chi connectivity index (χ3n) is 1.70. The monoisotopic (exact) mass is 257 g/mol. The fraction of sp³-hybridized carbons (Fsp3) is 0.333. The molecule has 0 spiro atoms. The van der Waals surface area contributed by atoms with Crippen molar-refractivity contribution < 1.29 is 19.5 Å². The van der Waals surface area contributed by atoms with Gasteiger partial charge in [0.15, 0.2) is 5.13 Å². The molecule has 0 aromatic carbocycles. The fourth-order valence-electron chi connectivity index (χ4n) is 1.00. The van der Waals surface area contributed by atoms with Gasteiger partial charge in [0.25, 0.3) is 0 Å². The van der Waals surface area contributed by atoms with Gasteiger partial charge in [-0.3, -0.25) is 20.2 Å². The summed E-state index contributed by atoms with van der Waals surface area (Å²) in [6.45, 7) is 0. The number of rotatable bonds is 5. The number of imide groups is 1. The Labute approximate surface area is 101 Å². The van der Waals surface area contributed by atoms with E-state index in [1.54, 1.807) is 5.38 Å².